The minimum Gasteiger partial charge on any atom is -0.370 e. The highest BCUT2D eigenvalue weighted by Gasteiger charge is 2.61. The normalized spacial score (nSPS) is 15.9. The third kappa shape index (κ3) is 3.22. The van der Waals surface area contributed by atoms with Gasteiger partial charge in [0.2, 0.25) is 11.8 Å². The minimum absolute atomic E-state index is 0.00466. The lowest BCUT2D eigenvalue weighted by molar-refractivity contribution is -0.132. The second-order valence-electron chi connectivity index (χ2n) is 7.70. The van der Waals surface area contributed by atoms with E-state index in [2.05, 4.69) is 4.98 Å². The number of carbonyl (C=O) groups is 2. The Labute approximate surface area is 161 Å². The fourth-order valence-electron chi connectivity index (χ4n) is 4.82. The van der Waals surface area contributed by atoms with E-state index in [1.54, 1.807) is 18.5 Å². The summed E-state index contributed by atoms with van der Waals surface area (Å²) >= 11 is 0. The molecule has 0 aliphatic rings. The lowest BCUT2D eigenvalue weighted by Gasteiger charge is -2.54. The molecule has 4 N–H and O–H groups in total. The molecule has 5 nitrogen and oxygen atoms in total. The van der Waals surface area contributed by atoms with Crippen molar-refractivity contribution in [1.29, 1.82) is 0 Å². The van der Waals surface area contributed by atoms with E-state index in [1.807, 2.05) is 64.1 Å². The highest BCUT2D eigenvalue weighted by molar-refractivity contribution is 5.91. The Morgan fingerprint density at radius 1 is 0.926 bits per heavy atom. The van der Waals surface area contributed by atoms with Gasteiger partial charge in [0.1, 0.15) is 0 Å². The highest BCUT2D eigenvalue weighted by Crippen LogP contribution is 2.55. The second-order valence-corrected chi connectivity index (χ2v) is 7.70. The first-order chi connectivity index (χ1) is 12.7. The monoisotopic (exact) mass is 367 g/mol. The van der Waals surface area contributed by atoms with Gasteiger partial charge in [-0.05, 0) is 29.0 Å². The molecule has 0 saturated carbocycles. The molecule has 27 heavy (non-hydrogen) atoms. The number of hydrogen-bond donors (Lipinski definition) is 2. The number of nitrogens with two attached hydrogens (primary N) is 2. The standard InChI is InChI=1S/C22H29N3O2/c1-15(2)21(13-19(23)26,17-9-6-5-7-10-17)22(16(3)4,20(24)27)18-11-8-12-25-14-18/h5-12,14-16H,13H2,1-4H3,(H2,23,26)(H2,24,27). The molecule has 0 aliphatic carbocycles. The lowest BCUT2D eigenvalue weighted by atomic mass is 9.47. The van der Waals surface area contributed by atoms with Crippen molar-refractivity contribution in [3.63, 3.8) is 0 Å². The Kier molecular flexibility index (Phi) is 6.04. The van der Waals surface area contributed by atoms with Crippen LogP contribution >= 0.6 is 0 Å². The fourth-order valence-corrected chi connectivity index (χ4v) is 4.82. The summed E-state index contributed by atoms with van der Waals surface area (Å²) in [6, 6.07) is 13.3. The molecule has 5 heteroatoms. The van der Waals surface area contributed by atoms with Crippen molar-refractivity contribution in [3.8, 4) is 0 Å². The molecule has 0 spiro atoms. The minimum atomic E-state index is -1.16. The molecule has 0 saturated heterocycles. The van der Waals surface area contributed by atoms with E-state index < -0.39 is 22.6 Å². The van der Waals surface area contributed by atoms with E-state index in [-0.39, 0.29) is 18.3 Å². The van der Waals surface area contributed by atoms with E-state index in [0.29, 0.717) is 5.56 Å². The van der Waals surface area contributed by atoms with E-state index in [9.17, 15) is 9.59 Å². The van der Waals surface area contributed by atoms with Crippen LogP contribution in [0.2, 0.25) is 0 Å². The number of primary amides is 2. The van der Waals surface area contributed by atoms with Crippen LogP contribution in [-0.2, 0) is 20.4 Å². The molecule has 2 aromatic rings. The number of carbonyl (C=O) groups excluding carboxylic acids is 2. The van der Waals surface area contributed by atoms with Gasteiger partial charge >= 0.3 is 0 Å². The maximum atomic E-state index is 13.2. The fraction of sp³-hybridized carbons (Fsp3) is 0.409. The van der Waals surface area contributed by atoms with Crippen molar-refractivity contribution < 1.29 is 9.59 Å². The Morgan fingerprint density at radius 3 is 1.93 bits per heavy atom. The van der Waals surface area contributed by atoms with E-state index in [0.717, 1.165) is 5.56 Å². The quantitative estimate of drug-likeness (QED) is 0.750. The van der Waals surface area contributed by atoms with Crippen LogP contribution in [0.15, 0.2) is 54.9 Å². The molecule has 0 aliphatic heterocycles. The summed E-state index contributed by atoms with van der Waals surface area (Å²) in [5, 5.41) is 0. The Morgan fingerprint density at radius 2 is 1.52 bits per heavy atom. The molecular weight excluding hydrogens is 338 g/mol. The SMILES string of the molecule is CC(C)C(CC(N)=O)(c1ccccc1)C(C(N)=O)(c1cccnc1)C(C)C. The van der Waals surface area contributed by atoms with Gasteiger partial charge in [0.15, 0.2) is 0 Å². The average Bonchev–Trinajstić information content (AvgIpc) is 2.61. The number of aromatic nitrogens is 1. The molecule has 1 aromatic heterocycles. The Bertz CT molecular complexity index is 790. The first-order valence-electron chi connectivity index (χ1n) is 9.25. The predicted molar refractivity (Wildman–Crippen MR) is 107 cm³/mol. The van der Waals surface area contributed by atoms with Gasteiger partial charge in [0, 0.05) is 24.2 Å². The summed E-state index contributed by atoms with van der Waals surface area (Å²) in [6.45, 7) is 7.93. The first-order valence-corrected chi connectivity index (χ1v) is 9.25. The molecular formula is C22H29N3O2. The number of pyridine rings is 1. The van der Waals surface area contributed by atoms with E-state index in [1.165, 1.54) is 0 Å². The van der Waals surface area contributed by atoms with Crippen molar-refractivity contribution in [1.82, 2.24) is 4.98 Å². The molecule has 2 unspecified atom stereocenters. The number of hydrogen-bond acceptors (Lipinski definition) is 3. The Balaban J connectivity index is 3.03. The maximum Gasteiger partial charge on any atom is 0.229 e. The summed E-state index contributed by atoms with van der Waals surface area (Å²) < 4.78 is 0. The molecule has 0 radical (unpaired) electrons. The number of amides is 2. The van der Waals surface area contributed by atoms with Crippen molar-refractivity contribution >= 4 is 11.8 Å². The molecule has 1 aromatic carbocycles. The van der Waals surface area contributed by atoms with Gasteiger partial charge in [-0.3, -0.25) is 14.6 Å². The molecule has 0 fully saturated rings. The zero-order valence-corrected chi connectivity index (χ0v) is 16.5. The molecule has 1 heterocycles. The first kappa shape index (κ1) is 20.6. The molecule has 2 rings (SSSR count). The van der Waals surface area contributed by atoms with E-state index >= 15 is 0 Å². The number of nitrogens with zero attached hydrogens (tertiary/aromatic N) is 1. The van der Waals surface area contributed by atoms with Crippen molar-refractivity contribution in [2.75, 3.05) is 0 Å². The zero-order valence-electron chi connectivity index (χ0n) is 16.5. The molecule has 144 valence electrons. The summed E-state index contributed by atoms with van der Waals surface area (Å²) in [7, 11) is 0. The van der Waals surface area contributed by atoms with Crippen molar-refractivity contribution in [3.05, 3.63) is 66.0 Å². The van der Waals surface area contributed by atoms with Crippen molar-refractivity contribution in [2.45, 2.75) is 44.9 Å². The van der Waals surface area contributed by atoms with Crippen LogP contribution < -0.4 is 11.5 Å². The van der Waals surface area contributed by atoms with Gasteiger partial charge < -0.3 is 11.5 Å². The topological polar surface area (TPSA) is 99.1 Å². The van der Waals surface area contributed by atoms with Crippen LogP contribution in [0, 0.1) is 11.8 Å². The van der Waals surface area contributed by atoms with Gasteiger partial charge in [-0.1, -0.05) is 64.1 Å². The Hall–Kier alpha value is -2.69. The van der Waals surface area contributed by atoms with Gasteiger partial charge in [-0.15, -0.1) is 0 Å². The third-order valence-electron chi connectivity index (χ3n) is 5.80. The lowest BCUT2D eigenvalue weighted by Crippen LogP contribution is -2.63. The average molecular weight is 367 g/mol. The molecule has 0 bridgehead atoms. The molecule has 2 amide bonds. The summed E-state index contributed by atoms with van der Waals surface area (Å²) in [4.78, 5) is 29.7. The van der Waals surface area contributed by atoms with Gasteiger partial charge in [-0.25, -0.2) is 0 Å². The van der Waals surface area contributed by atoms with Crippen LogP contribution in [0.5, 0.6) is 0 Å². The van der Waals surface area contributed by atoms with Gasteiger partial charge in [0.25, 0.3) is 0 Å². The van der Waals surface area contributed by atoms with Crippen LogP contribution in [0.25, 0.3) is 0 Å². The summed E-state index contributed by atoms with van der Waals surface area (Å²) in [6.07, 6.45) is 3.33. The second kappa shape index (κ2) is 7.91. The number of rotatable bonds is 8. The molecule has 2 atom stereocenters. The van der Waals surface area contributed by atoms with Gasteiger partial charge in [0.05, 0.1) is 5.41 Å². The summed E-state index contributed by atoms with van der Waals surface area (Å²) in [5.74, 6) is -1.24. The number of benzene rings is 1. The zero-order chi connectivity index (χ0) is 20.2. The largest absolute Gasteiger partial charge is 0.370 e. The van der Waals surface area contributed by atoms with Gasteiger partial charge in [-0.2, -0.15) is 0 Å². The smallest absolute Gasteiger partial charge is 0.229 e. The van der Waals surface area contributed by atoms with Crippen LogP contribution in [0.1, 0.15) is 45.2 Å². The third-order valence-corrected chi connectivity index (χ3v) is 5.80. The van der Waals surface area contributed by atoms with Crippen molar-refractivity contribution in [2.24, 2.45) is 23.3 Å². The predicted octanol–water partition coefficient (Wildman–Crippen LogP) is 2.93. The van der Waals surface area contributed by atoms with E-state index in [4.69, 9.17) is 11.5 Å². The summed E-state index contributed by atoms with van der Waals surface area (Å²) in [5.41, 5.74) is 11.3. The van der Waals surface area contributed by atoms with Crippen LogP contribution in [-0.4, -0.2) is 16.8 Å². The van der Waals surface area contributed by atoms with Crippen LogP contribution in [0.3, 0.4) is 0 Å². The highest BCUT2D eigenvalue weighted by atomic mass is 16.2. The van der Waals surface area contributed by atoms with Crippen LogP contribution in [0.4, 0.5) is 0 Å². The maximum absolute atomic E-state index is 13.2.